The molecule has 0 bridgehead atoms. The van der Waals surface area contributed by atoms with Crippen LogP contribution in [0.5, 0.6) is 0 Å². The van der Waals surface area contributed by atoms with Gasteiger partial charge in [0.1, 0.15) is 5.82 Å². The first kappa shape index (κ1) is 14.0. The molecule has 1 unspecified atom stereocenters. The third kappa shape index (κ3) is 3.14. The van der Waals surface area contributed by atoms with Crippen LogP contribution in [0.2, 0.25) is 0 Å². The molecule has 1 aromatic heterocycles. The van der Waals surface area contributed by atoms with Crippen LogP contribution in [-0.2, 0) is 11.3 Å². The van der Waals surface area contributed by atoms with Gasteiger partial charge in [0.2, 0.25) is 0 Å². The van der Waals surface area contributed by atoms with E-state index in [9.17, 15) is 4.39 Å². The third-order valence-electron chi connectivity index (χ3n) is 3.48. The topological polar surface area (TPSA) is 28.3 Å². The van der Waals surface area contributed by atoms with Crippen LogP contribution in [0.3, 0.4) is 0 Å². The molecular formula is C15H21FN2O. The number of aromatic nitrogens is 1. The number of halogens is 1. The number of nitrogens with zero attached hydrogens (tertiary/aromatic N) is 1. The number of ether oxygens (including phenoxy) is 1. The largest absolute Gasteiger partial charge is 0.380 e. The van der Waals surface area contributed by atoms with E-state index in [4.69, 9.17) is 4.74 Å². The van der Waals surface area contributed by atoms with Gasteiger partial charge in [-0.1, -0.05) is 0 Å². The van der Waals surface area contributed by atoms with Crippen molar-refractivity contribution in [3.05, 3.63) is 35.3 Å². The van der Waals surface area contributed by atoms with Gasteiger partial charge < -0.3 is 9.72 Å². The number of fused-ring (bicyclic) bond motifs is 1. The second-order valence-corrected chi connectivity index (χ2v) is 5.16. The number of rotatable bonds is 5. The van der Waals surface area contributed by atoms with Crippen molar-refractivity contribution in [2.75, 3.05) is 20.7 Å². The number of likely N-dealkylation sites (N-methyl/N-ethyl adjacent to an activating group) is 1. The SMILES string of the molecule is COC(C)CN(C)Cc1c(C)[nH]c2ccc(F)cc12. The summed E-state index contributed by atoms with van der Waals surface area (Å²) in [6.45, 7) is 5.69. The fraction of sp³-hybridized carbons (Fsp3) is 0.467. The summed E-state index contributed by atoms with van der Waals surface area (Å²) in [5.74, 6) is -0.194. The van der Waals surface area contributed by atoms with Crippen molar-refractivity contribution in [3.8, 4) is 0 Å². The van der Waals surface area contributed by atoms with Gasteiger partial charge in [0, 0.05) is 36.8 Å². The molecule has 0 aliphatic rings. The first-order valence-electron chi connectivity index (χ1n) is 6.49. The molecule has 1 aromatic carbocycles. The Morgan fingerprint density at radius 2 is 2.16 bits per heavy atom. The van der Waals surface area contributed by atoms with Crippen molar-refractivity contribution in [2.45, 2.75) is 26.5 Å². The molecule has 4 heteroatoms. The molecule has 0 saturated carbocycles. The van der Waals surface area contributed by atoms with Gasteiger partial charge in [0.25, 0.3) is 0 Å². The van der Waals surface area contributed by atoms with Crippen LogP contribution in [0.25, 0.3) is 10.9 Å². The average molecular weight is 264 g/mol. The van der Waals surface area contributed by atoms with E-state index in [-0.39, 0.29) is 11.9 Å². The Hall–Kier alpha value is -1.39. The normalized spacial score (nSPS) is 13.4. The van der Waals surface area contributed by atoms with E-state index >= 15 is 0 Å². The van der Waals surface area contributed by atoms with Gasteiger partial charge in [-0.05, 0) is 44.7 Å². The number of aryl methyl sites for hydroxylation is 1. The van der Waals surface area contributed by atoms with Crippen molar-refractivity contribution in [2.24, 2.45) is 0 Å². The van der Waals surface area contributed by atoms with Crippen molar-refractivity contribution in [1.82, 2.24) is 9.88 Å². The van der Waals surface area contributed by atoms with Crippen LogP contribution < -0.4 is 0 Å². The third-order valence-corrected chi connectivity index (χ3v) is 3.48. The minimum atomic E-state index is -0.194. The van der Waals surface area contributed by atoms with Gasteiger partial charge in [-0.25, -0.2) is 4.39 Å². The molecule has 0 aliphatic heterocycles. The van der Waals surface area contributed by atoms with Gasteiger partial charge in [0.05, 0.1) is 6.10 Å². The molecule has 1 heterocycles. The Morgan fingerprint density at radius 3 is 2.84 bits per heavy atom. The second kappa shape index (κ2) is 5.72. The maximum Gasteiger partial charge on any atom is 0.123 e. The molecule has 19 heavy (non-hydrogen) atoms. The number of H-pyrrole nitrogens is 1. The predicted octanol–water partition coefficient (Wildman–Crippen LogP) is 3.08. The molecule has 0 amide bonds. The highest BCUT2D eigenvalue weighted by Crippen LogP contribution is 2.24. The van der Waals surface area contributed by atoms with Crippen LogP contribution >= 0.6 is 0 Å². The molecule has 0 radical (unpaired) electrons. The zero-order valence-electron chi connectivity index (χ0n) is 12.0. The van der Waals surface area contributed by atoms with E-state index in [0.29, 0.717) is 0 Å². The second-order valence-electron chi connectivity index (χ2n) is 5.16. The number of aromatic amines is 1. The summed E-state index contributed by atoms with van der Waals surface area (Å²) >= 11 is 0. The Balaban J connectivity index is 2.24. The summed E-state index contributed by atoms with van der Waals surface area (Å²) in [6.07, 6.45) is 0.187. The lowest BCUT2D eigenvalue weighted by Crippen LogP contribution is -2.28. The standard InChI is InChI=1S/C15H21FN2O/c1-10(19-4)8-18(3)9-14-11(2)17-15-6-5-12(16)7-13(14)15/h5-7,10,17H,8-9H2,1-4H3. The van der Waals surface area contributed by atoms with E-state index in [1.807, 2.05) is 20.9 Å². The fourth-order valence-corrected chi connectivity index (χ4v) is 2.41. The lowest BCUT2D eigenvalue weighted by Gasteiger charge is -2.20. The van der Waals surface area contributed by atoms with Gasteiger partial charge in [-0.2, -0.15) is 0 Å². The average Bonchev–Trinajstić information content (AvgIpc) is 2.66. The van der Waals surface area contributed by atoms with E-state index in [1.54, 1.807) is 19.2 Å². The zero-order valence-corrected chi connectivity index (χ0v) is 12.0. The van der Waals surface area contributed by atoms with Crippen LogP contribution in [-0.4, -0.2) is 36.7 Å². The Morgan fingerprint density at radius 1 is 1.42 bits per heavy atom. The molecule has 104 valence electrons. The van der Waals surface area contributed by atoms with Crippen molar-refractivity contribution in [3.63, 3.8) is 0 Å². The maximum absolute atomic E-state index is 13.4. The summed E-state index contributed by atoms with van der Waals surface area (Å²) in [5, 5.41) is 0.967. The van der Waals surface area contributed by atoms with Crippen molar-refractivity contribution >= 4 is 10.9 Å². The van der Waals surface area contributed by atoms with Crippen LogP contribution in [0, 0.1) is 12.7 Å². The lowest BCUT2D eigenvalue weighted by molar-refractivity contribution is 0.0837. The number of benzene rings is 1. The van der Waals surface area contributed by atoms with Gasteiger partial charge in [0.15, 0.2) is 0 Å². The van der Waals surface area contributed by atoms with E-state index in [0.717, 1.165) is 35.2 Å². The molecule has 2 aromatic rings. The zero-order chi connectivity index (χ0) is 14.0. The molecule has 1 atom stereocenters. The highest BCUT2D eigenvalue weighted by atomic mass is 19.1. The van der Waals surface area contributed by atoms with Crippen LogP contribution in [0.4, 0.5) is 4.39 Å². The highest BCUT2D eigenvalue weighted by Gasteiger charge is 2.12. The summed E-state index contributed by atoms with van der Waals surface area (Å²) in [5.41, 5.74) is 3.24. The lowest BCUT2D eigenvalue weighted by atomic mass is 10.1. The summed E-state index contributed by atoms with van der Waals surface area (Å²) in [4.78, 5) is 5.49. The maximum atomic E-state index is 13.4. The van der Waals surface area contributed by atoms with Crippen molar-refractivity contribution < 1.29 is 9.13 Å². The molecule has 1 N–H and O–H groups in total. The van der Waals surface area contributed by atoms with Crippen LogP contribution in [0.15, 0.2) is 18.2 Å². The first-order chi connectivity index (χ1) is 9.01. The number of hydrogen-bond acceptors (Lipinski definition) is 2. The molecule has 0 fully saturated rings. The van der Waals surface area contributed by atoms with Gasteiger partial charge in [-0.15, -0.1) is 0 Å². The summed E-state index contributed by atoms with van der Waals surface area (Å²) in [6, 6.07) is 4.87. The number of nitrogens with one attached hydrogen (secondary N) is 1. The Labute approximate surface area is 113 Å². The molecule has 0 saturated heterocycles. The number of hydrogen-bond donors (Lipinski definition) is 1. The minimum Gasteiger partial charge on any atom is -0.380 e. The predicted molar refractivity (Wildman–Crippen MR) is 75.8 cm³/mol. The first-order valence-corrected chi connectivity index (χ1v) is 6.49. The summed E-state index contributed by atoms with van der Waals surface area (Å²) in [7, 11) is 3.76. The molecule has 0 aliphatic carbocycles. The van der Waals surface area contributed by atoms with E-state index < -0.39 is 0 Å². The Kier molecular flexibility index (Phi) is 4.22. The van der Waals surface area contributed by atoms with Gasteiger partial charge in [-0.3, -0.25) is 4.90 Å². The molecular weight excluding hydrogens is 243 g/mol. The van der Waals surface area contributed by atoms with E-state index in [1.165, 1.54) is 6.07 Å². The van der Waals surface area contributed by atoms with Crippen molar-refractivity contribution in [1.29, 1.82) is 0 Å². The summed E-state index contributed by atoms with van der Waals surface area (Å²) < 4.78 is 18.6. The smallest absolute Gasteiger partial charge is 0.123 e. The monoisotopic (exact) mass is 264 g/mol. The minimum absolute atomic E-state index is 0.187. The van der Waals surface area contributed by atoms with Gasteiger partial charge >= 0.3 is 0 Å². The quantitative estimate of drug-likeness (QED) is 0.899. The highest BCUT2D eigenvalue weighted by molar-refractivity contribution is 5.84. The fourth-order valence-electron chi connectivity index (χ4n) is 2.41. The molecule has 0 spiro atoms. The number of methoxy groups -OCH3 is 1. The van der Waals surface area contributed by atoms with E-state index in [2.05, 4.69) is 9.88 Å². The Bertz CT molecular complexity index is 565. The van der Waals surface area contributed by atoms with Crippen LogP contribution in [0.1, 0.15) is 18.2 Å². The molecule has 3 nitrogen and oxygen atoms in total. The molecule has 2 rings (SSSR count).